The Kier molecular flexibility index (Phi) is 5.17. The normalized spacial score (nSPS) is 19.0. The van der Waals surface area contributed by atoms with Gasteiger partial charge in [0.1, 0.15) is 5.69 Å². The van der Waals surface area contributed by atoms with Crippen molar-refractivity contribution in [3.8, 4) is 0 Å². The van der Waals surface area contributed by atoms with Gasteiger partial charge in [-0.05, 0) is 24.1 Å². The Labute approximate surface area is 180 Å². The van der Waals surface area contributed by atoms with Gasteiger partial charge >= 0.3 is 0 Å². The van der Waals surface area contributed by atoms with E-state index in [1.165, 1.54) is 28.2 Å². The first-order valence-electron chi connectivity index (χ1n) is 10.7. The van der Waals surface area contributed by atoms with Gasteiger partial charge in [-0.25, -0.2) is 0 Å². The van der Waals surface area contributed by atoms with Crippen LogP contribution in [0.4, 0.5) is 11.4 Å². The molecular formula is C23H25N5O3. The van der Waals surface area contributed by atoms with Gasteiger partial charge in [0.2, 0.25) is 5.91 Å². The highest BCUT2D eigenvalue weighted by Gasteiger charge is 2.33. The average molecular weight is 419 g/mol. The lowest BCUT2D eigenvalue weighted by molar-refractivity contribution is -0.383. The van der Waals surface area contributed by atoms with Crippen LogP contribution in [0.3, 0.4) is 0 Å². The number of fused-ring (bicyclic) bond motifs is 4. The first-order valence-corrected chi connectivity index (χ1v) is 10.7. The molecule has 0 spiro atoms. The minimum Gasteiger partial charge on any atom is -0.357 e. The van der Waals surface area contributed by atoms with Gasteiger partial charge in [-0.3, -0.25) is 24.7 Å². The van der Waals surface area contributed by atoms with Crippen molar-refractivity contribution < 1.29 is 9.72 Å². The largest absolute Gasteiger partial charge is 0.357 e. The molecule has 2 aliphatic rings. The molecule has 0 radical (unpaired) electrons. The van der Waals surface area contributed by atoms with E-state index in [0.29, 0.717) is 19.0 Å². The van der Waals surface area contributed by atoms with E-state index in [2.05, 4.69) is 44.4 Å². The van der Waals surface area contributed by atoms with E-state index in [0.717, 1.165) is 32.6 Å². The van der Waals surface area contributed by atoms with Crippen molar-refractivity contribution in [3.05, 3.63) is 69.9 Å². The Morgan fingerprint density at radius 1 is 1.16 bits per heavy atom. The van der Waals surface area contributed by atoms with Crippen LogP contribution < -0.4 is 5.32 Å². The number of hydrogen-bond acceptors (Lipinski definition) is 5. The Morgan fingerprint density at radius 3 is 2.84 bits per heavy atom. The van der Waals surface area contributed by atoms with Crippen LogP contribution in [0.1, 0.15) is 17.7 Å². The Bertz CT molecular complexity index is 1140. The Hall–Kier alpha value is -3.23. The number of carbonyl (C=O) groups is 1. The molecule has 2 aromatic carbocycles. The van der Waals surface area contributed by atoms with Crippen molar-refractivity contribution in [1.82, 2.24) is 14.8 Å². The molecule has 8 heteroatoms. The molecule has 1 aromatic heterocycles. The summed E-state index contributed by atoms with van der Waals surface area (Å²) in [6, 6.07) is 15.2. The predicted octanol–water partition coefficient (Wildman–Crippen LogP) is 3.15. The molecular weight excluding hydrogens is 394 g/mol. The number of nitro groups is 1. The molecule has 5 rings (SSSR count). The van der Waals surface area contributed by atoms with Gasteiger partial charge in [-0.1, -0.05) is 30.3 Å². The SMILES string of the molecule is O=C(CCN1CCN2Cc3[nH]c4ccccc4c3CC2C1)Nc1ccccc1[N+](=O)[O-]. The van der Waals surface area contributed by atoms with Gasteiger partial charge in [0, 0.05) is 67.8 Å². The summed E-state index contributed by atoms with van der Waals surface area (Å²) in [6.07, 6.45) is 1.33. The van der Waals surface area contributed by atoms with Crippen LogP contribution in [0.25, 0.3) is 10.9 Å². The van der Waals surface area contributed by atoms with Gasteiger partial charge in [0.25, 0.3) is 5.69 Å². The quantitative estimate of drug-likeness (QED) is 0.489. The van der Waals surface area contributed by atoms with Crippen molar-refractivity contribution in [2.45, 2.75) is 25.4 Å². The van der Waals surface area contributed by atoms with Crippen LogP contribution >= 0.6 is 0 Å². The second-order valence-corrected chi connectivity index (χ2v) is 8.33. The van der Waals surface area contributed by atoms with Crippen molar-refractivity contribution in [1.29, 1.82) is 0 Å². The zero-order valence-electron chi connectivity index (χ0n) is 17.2. The summed E-state index contributed by atoms with van der Waals surface area (Å²) in [5.41, 5.74) is 4.13. The number of rotatable bonds is 5. The monoisotopic (exact) mass is 419 g/mol. The molecule has 160 valence electrons. The smallest absolute Gasteiger partial charge is 0.292 e. The van der Waals surface area contributed by atoms with E-state index in [4.69, 9.17) is 0 Å². The molecule has 8 nitrogen and oxygen atoms in total. The molecule has 1 atom stereocenters. The number of nitrogens with zero attached hydrogens (tertiary/aromatic N) is 3. The minimum absolute atomic E-state index is 0.0822. The van der Waals surface area contributed by atoms with Gasteiger partial charge < -0.3 is 10.3 Å². The Balaban J connectivity index is 1.20. The lowest BCUT2D eigenvalue weighted by atomic mass is 9.94. The van der Waals surface area contributed by atoms with E-state index in [1.807, 2.05) is 0 Å². The van der Waals surface area contributed by atoms with E-state index in [9.17, 15) is 14.9 Å². The highest BCUT2D eigenvalue weighted by atomic mass is 16.6. The maximum Gasteiger partial charge on any atom is 0.292 e. The number of benzene rings is 2. The number of aromatic nitrogens is 1. The molecule has 1 fully saturated rings. The molecule has 31 heavy (non-hydrogen) atoms. The van der Waals surface area contributed by atoms with Crippen molar-refractivity contribution in [2.24, 2.45) is 0 Å². The summed E-state index contributed by atoms with van der Waals surface area (Å²) in [5.74, 6) is -0.195. The third-order valence-corrected chi connectivity index (χ3v) is 6.42. The third kappa shape index (κ3) is 3.92. The van der Waals surface area contributed by atoms with Gasteiger partial charge in [-0.2, -0.15) is 0 Å². The van der Waals surface area contributed by atoms with Crippen LogP contribution in [0.15, 0.2) is 48.5 Å². The summed E-state index contributed by atoms with van der Waals surface area (Å²) in [7, 11) is 0. The molecule has 2 aliphatic heterocycles. The topological polar surface area (TPSA) is 94.5 Å². The number of amides is 1. The maximum atomic E-state index is 12.4. The summed E-state index contributed by atoms with van der Waals surface area (Å²) >= 11 is 0. The molecule has 1 amide bonds. The first kappa shape index (κ1) is 19.7. The summed E-state index contributed by atoms with van der Waals surface area (Å²) < 4.78 is 0. The molecule has 3 aromatic rings. The number of aromatic amines is 1. The van der Waals surface area contributed by atoms with E-state index in [-0.39, 0.29) is 17.3 Å². The second kappa shape index (κ2) is 8.13. The first-order chi connectivity index (χ1) is 15.1. The summed E-state index contributed by atoms with van der Waals surface area (Å²) in [5, 5.41) is 15.1. The third-order valence-electron chi connectivity index (χ3n) is 6.42. The fourth-order valence-corrected chi connectivity index (χ4v) is 4.84. The predicted molar refractivity (Wildman–Crippen MR) is 119 cm³/mol. The molecule has 1 saturated heterocycles. The molecule has 0 aliphatic carbocycles. The van der Waals surface area contributed by atoms with Crippen LogP contribution in [-0.2, 0) is 17.8 Å². The highest BCUT2D eigenvalue weighted by molar-refractivity contribution is 5.93. The Morgan fingerprint density at radius 2 is 1.97 bits per heavy atom. The van der Waals surface area contributed by atoms with Crippen LogP contribution in [0.5, 0.6) is 0 Å². The number of carbonyl (C=O) groups excluding carboxylic acids is 1. The maximum absolute atomic E-state index is 12.4. The van der Waals surface area contributed by atoms with Crippen molar-refractivity contribution in [2.75, 3.05) is 31.5 Å². The molecule has 0 bridgehead atoms. The lowest BCUT2D eigenvalue weighted by Crippen LogP contribution is -2.55. The second-order valence-electron chi connectivity index (χ2n) is 8.33. The number of para-hydroxylation sites is 3. The van der Waals surface area contributed by atoms with Crippen LogP contribution in [0.2, 0.25) is 0 Å². The average Bonchev–Trinajstić information content (AvgIpc) is 3.13. The molecule has 3 heterocycles. The zero-order chi connectivity index (χ0) is 21.4. The van der Waals surface area contributed by atoms with E-state index >= 15 is 0 Å². The van der Waals surface area contributed by atoms with Gasteiger partial charge in [-0.15, -0.1) is 0 Å². The van der Waals surface area contributed by atoms with E-state index < -0.39 is 4.92 Å². The minimum atomic E-state index is -0.475. The van der Waals surface area contributed by atoms with E-state index in [1.54, 1.807) is 18.2 Å². The number of nitrogens with one attached hydrogen (secondary N) is 2. The summed E-state index contributed by atoms with van der Waals surface area (Å²) in [4.78, 5) is 31.5. The number of hydrogen-bond donors (Lipinski definition) is 2. The number of H-pyrrole nitrogens is 1. The highest BCUT2D eigenvalue weighted by Crippen LogP contribution is 2.31. The fourth-order valence-electron chi connectivity index (χ4n) is 4.84. The standard InChI is InChI=1S/C23H25N5O3/c29-23(25-20-7-3-4-8-22(20)28(30)31)9-10-26-11-12-27-15-21-18(13-16(27)14-26)17-5-1-2-6-19(17)24-21/h1-8,16,24H,9-15H2,(H,25,29). The zero-order valence-corrected chi connectivity index (χ0v) is 17.2. The molecule has 0 saturated carbocycles. The van der Waals surface area contributed by atoms with Gasteiger partial charge in [0.05, 0.1) is 4.92 Å². The molecule has 1 unspecified atom stereocenters. The number of piperazine rings is 1. The summed E-state index contributed by atoms with van der Waals surface area (Å²) in [6.45, 7) is 4.42. The van der Waals surface area contributed by atoms with Crippen LogP contribution in [0, 0.1) is 10.1 Å². The van der Waals surface area contributed by atoms with Gasteiger partial charge in [0.15, 0.2) is 0 Å². The van der Waals surface area contributed by atoms with Crippen molar-refractivity contribution in [3.63, 3.8) is 0 Å². The van der Waals surface area contributed by atoms with Crippen molar-refractivity contribution >= 4 is 28.2 Å². The lowest BCUT2D eigenvalue weighted by Gasteiger charge is -2.44. The van der Waals surface area contributed by atoms with Crippen LogP contribution in [-0.4, -0.2) is 57.8 Å². The number of nitro benzene ring substituents is 1. The number of anilines is 1. The fraction of sp³-hybridized carbons (Fsp3) is 0.348. The molecule has 2 N–H and O–H groups in total.